The Morgan fingerprint density at radius 1 is 1.80 bits per heavy atom. The molecule has 0 amide bonds. The summed E-state index contributed by atoms with van der Waals surface area (Å²) in [4.78, 5) is 10.1. The van der Waals surface area contributed by atoms with E-state index in [2.05, 4.69) is 4.74 Å². The average Bonchev–Trinajstić information content (AvgIpc) is 1.88. The summed E-state index contributed by atoms with van der Waals surface area (Å²) >= 11 is 5.40. The molecule has 0 radical (unpaired) electrons. The normalized spacial score (nSPS) is 30.8. The van der Waals surface area contributed by atoms with Crippen LogP contribution in [0.3, 0.4) is 0 Å². The zero-order valence-electron chi connectivity index (χ0n) is 4.88. The molecule has 1 aliphatic rings. The lowest BCUT2D eigenvalue weighted by Crippen LogP contribution is -2.24. The summed E-state index contributed by atoms with van der Waals surface area (Å²) in [6.07, 6.45) is 3.96. The minimum atomic E-state index is -1.64. The molecule has 0 saturated heterocycles. The zero-order valence-corrected chi connectivity index (χ0v) is 5.64. The van der Waals surface area contributed by atoms with Crippen molar-refractivity contribution in [3.8, 4) is 0 Å². The van der Waals surface area contributed by atoms with Crippen LogP contribution in [0.2, 0.25) is 0 Å². The van der Waals surface area contributed by atoms with Crippen molar-refractivity contribution in [2.75, 3.05) is 0 Å². The molecule has 1 unspecified atom stereocenters. The van der Waals surface area contributed by atoms with Crippen molar-refractivity contribution in [2.45, 2.75) is 5.06 Å². The monoisotopic (exact) mass is 162 g/mol. The number of allylic oxidation sites excluding steroid dienone is 2. The number of hydrogen-bond donors (Lipinski definition) is 0. The smallest absolute Gasteiger partial charge is 0.275 e. The molecular formula is C6H4ClFO2. The third-order valence-electron chi connectivity index (χ3n) is 0.965. The van der Waals surface area contributed by atoms with Gasteiger partial charge in [-0.1, -0.05) is 17.7 Å². The highest BCUT2D eigenvalue weighted by molar-refractivity contribution is 6.32. The second-order valence-corrected chi connectivity index (χ2v) is 2.34. The van der Waals surface area contributed by atoms with Crippen LogP contribution >= 0.6 is 11.6 Å². The van der Waals surface area contributed by atoms with E-state index in [0.29, 0.717) is 6.29 Å². The molecule has 1 heterocycles. The van der Waals surface area contributed by atoms with Crippen LogP contribution < -0.4 is 0 Å². The molecule has 0 aromatic carbocycles. The van der Waals surface area contributed by atoms with Gasteiger partial charge in [0.1, 0.15) is 0 Å². The highest BCUT2D eigenvalue weighted by Crippen LogP contribution is 2.24. The molecule has 0 aromatic rings. The van der Waals surface area contributed by atoms with Gasteiger partial charge in [0, 0.05) is 6.08 Å². The average molecular weight is 163 g/mol. The Hall–Kier alpha value is -0.830. The standard InChI is InChI=1S/C6H4ClFO2/c7-6(4-9)3-1-2-5(8)10-6/h1-4H. The van der Waals surface area contributed by atoms with Gasteiger partial charge < -0.3 is 4.74 Å². The largest absolute Gasteiger partial charge is 0.437 e. The van der Waals surface area contributed by atoms with Gasteiger partial charge in [0.05, 0.1) is 0 Å². The van der Waals surface area contributed by atoms with Gasteiger partial charge in [-0.15, -0.1) is 0 Å². The van der Waals surface area contributed by atoms with E-state index in [1.165, 1.54) is 12.2 Å². The van der Waals surface area contributed by atoms with Gasteiger partial charge in [0.2, 0.25) is 0 Å². The molecule has 54 valence electrons. The number of alkyl halides is 1. The van der Waals surface area contributed by atoms with E-state index in [-0.39, 0.29) is 0 Å². The number of carbonyl (C=O) groups excluding carboxylic acids is 1. The van der Waals surface area contributed by atoms with Crippen LogP contribution in [0.1, 0.15) is 0 Å². The van der Waals surface area contributed by atoms with E-state index < -0.39 is 11.1 Å². The van der Waals surface area contributed by atoms with Crippen molar-refractivity contribution < 1.29 is 13.9 Å². The van der Waals surface area contributed by atoms with Crippen molar-refractivity contribution in [3.63, 3.8) is 0 Å². The number of halogens is 2. The molecule has 10 heavy (non-hydrogen) atoms. The number of rotatable bonds is 1. The zero-order chi connectivity index (χ0) is 7.61. The molecule has 1 atom stereocenters. The SMILES string of the molecule is O=CC1(Cl)C=CC=C(F)O1. The van der Waals surface area contributed by atoms with E-state index in [1.54, 1.807) is 0 Å². The Morgan fingerprint density at radius 3 is 2.90 bits per heavy atom. The summed E-state index contributed by atoms with van der Waals surface area (Å²) in [7, 11) is 0. The van der Waals surface area contributed by atoms with Gasteiger partial charge >= 0.3 is 0 Å². The van der Waals surface area contributed by atoms with Gasteiger partial charge in [-0.2, -0.15) is 4.39 Å². The fourth-order valence-corrected chi connectivity index (χ4v) is 0.682. The summed E-state index contributed by atoms with van der Waals surface area (Å²) in [6, 6.07) is -0.857. The van der Waals surface area contributed by atoms with Gasteiger partial charge in [0.25, 0.3) is 11.1 Å². The van der Waals surface area contributed by atoms with E-state index in [4.69, 9.17) is 11.6 Å². The Balaban J connectivity index is 2.80. The van der Waals surface area contributed by atoms with Gasteiger partial charge in [-0.25, -0.2) is 0 Å². The highest BCUT2D eigenvalue weighted by atomic mass is 35.5. The molecule has 0 aliphatic carbocycles. The van der Waals surface area contributed by atoms with Crippen LogP contribution in [-0.2, 0) is 9.53 Å². The first-order chi connectivity index (χ1) is 4.66. The quantitative estimate of drug-likeness (QED) is 0.432. The Bertz CT molecular complexity index is 212. The maximum atomic E-state index is 12.2. The van der Waals surface area contributed by atoms with Crippen LogP contribution in [0.25, 0.3) is 0 Å². The molecular weight excluding hydrogens is 159 g/mol. The van der Waals surface area contributed by atoms with Gasteiger partial charge in [-0.3, -0.25) is 4.79 Å². The lowest BCUT2D eigenvalue weighted by molar-refractivity contribution is -0.117. The highest BCUT2D eigenvalue weighted by Gasteiger charge is 2.28. The molecule has 0 spiro atoms. The molecule has 1 aliphatic heterocycles. The predicted molar refractivity (Wildman–Crippen MR) is 34.1 cm³/mol. The summed E-state index contributed by atoms with van der Waals surface area (Å²) in [5.41, 5.74) is 0. The van der Waals surface area contributed by atoms with Gasteiger partial charge in [-0.05, 0) is 6.08 Å². The molecule has 2 nitrogen and oxygen atoms in total. The molecule has 0 aromatic heterocycles. The van der Waals surface area contributed by atoms with Crippen molar-refractivity contribution in [2.24, 2.45) is 0 Å². The van der Waals surface area contributed by atoms with Crippen molar-refractivity contribution in [1.29, 1.82) is 0 Å². The lowest BCUT2D eigenvalue weighted by Gasteiger charge is -2.18. The maximum Gasteiger partial charge on any atom is 0.275 e. The van der Waals surface area contributed by atoms with Crippen molar-refractivity contribution >= 4 is 17.9 Å². The molecule has 0 fully saturated rings. The van der Waals surface area contributed by atoms with E-state index in [0.717, 1.165) is 6.08 Å². The minimum absolute atomic E-state index is 0.317. The Kier molecular flexibility index (Phi) is 1.76. The lowest BCUT2D eigenvalue weighted by atomic mass is 10.3. The van der Waals surface area contributed by atoms with Crippen molar-refractivity contribution in [3.05, 3.63) is 24.2 Å². The summed E-state index contributed by atoms with van der Waals surface area (Å²) in [5.74, 6) is 0. The van der Waals surface area contributed by atoms with E-state index in [9.17, 15) is 9.18 Å². The molecule has 1 rings (SSSR count). The summed E-state index contributed by atoms with van der Waals surface area (Å²) in [5, 5.41) is -1.64. The second kappa shape index (κ2) is 2.42. The first kappa shape index (κ1) is 7.28. The number of hydrogen-bond acceptors (Lipinski definition) is 2. The first-order valence-corrected chi connectivity index (χ1v) is 2.93. The number of aldehydes is 1. The van der Waals surface area contributed by atoms with E-state index in [1.807, 2.05) is 0 Å². The predicted octanol–water partition coefficient (Wildman–Crippen LogP) is 1.52. The Morgan fingerprint density at radius 2 is 2.50 bits per heavy atom. The third-order valence-corrected chi connectivity index (χ3v) is 1.26. The Labute approximate surface area is 61.9 Å². The number of ether oxygens (including phenoxy) is 1. The molecule has 0 bridgehead atoms. The summed E-state index contributed by atoms with van der Waals surface area (Å²) < 4.78 is 16.5. The van der Waals surface area contributed by atoms with E-state index >= 15 is 0 Å². The van der Waals surface area contributed by atoms with Crippen LogP contribution in [0.15, 0.2) is 24.2 Å². The summed E-state index contributed by atoms with van der Waals surface area (Å²) in [6.45, 7) is 0. The van der Waals surface area contributed by atoms with Gasteiger partial charge in [0.15, 0.2) is 6.29 Å². The molecule has 0 saturated carbocycles. The minimum Gasteiger partial charge on any atom is -0.437 e. The second-order valence-electron chi connectivity index (χ2n) is 1.75. The van der Waals surface area contributed by atoms with Crippen LogP contribution in [0.4, 0.5) is 4.39 Å². The van der Waals surface area contributed by atoms with Crippen LogP contribution in [-0.4, -0.2) is 11.3 Å². The third kappa shape index (κ3) is 1.36. The topological polar surface area (TPSA) is 26.3 Å². The van der Waals surface area contributed by atoms with Crippen LogP contribution in [0, 0.1) is 0 Å². The van der Waals surface area contributed by atoms with Crippen molar-refractivity contribution in [1.82, 2.24) is 0 Å². The molecule has 4 heteroatoms. The fraction of sp³-hybridized carbons (Fsp3) is 0.167. The first-order valence-electron chi connectivity index (χ1n) is 2.55. The maximum absolute atomic E-state index is 12.2. The number of carbonyl (C=O) groups is 1. The van der Waals surface area contributed by atoms with Crippen LogP contribution in [0.5, 0.6) is 0 Å². The molecule has 0 N–H and O–H groups in total. The fourth-order valence-electron chi connectivity index (χ4n) is 0.536.